The molecule has 5 N–H and O–H groups in total. The molecule has 2 heterocycles. The lowest BCUT2D eigenvalue weighted by molar-refractivity contribution is -0.431. The van der Waals surface area contributed by atoms with E-state index in [2.05, 4.69) is 5.32 Å². The number of ether oxygens (including phenoxy) is 2. The number of nitro groups is 1. The summed E-state index contributed by atoms with van der Waals surface area (Å²) in [6.45, 7) is 2.87. The van der Waals surface area contributed by atoms with Crippen LogP contribution >= 0.6 is 11.8 Å². The highest BCUT2D eigenvalue weighted by molar-refractivity contribution is 8.00. The van der Waals surface area contributed by atoms with E-state index in [9.17, 15) is 35.3 Å². The standard InChI is InChI=1S/C29H34N2O9S/c1-16-23(29(36)39-13-12-21-26(33)28(35)27(34)22(14-32)41-21)24(25(31(37)38)17(2)30-16)19-10-6-7-11-20(19)40-15-18-8-4-3-5-9-18/h3-11,21-22,24,26-28,30,32-35H,12-15H2,1-2H3/t21-,22+,24?,26+,27-,28-/m1/s1. The van der Waals surface area contributed by atoms with Gasteiger partial charge in [0.1, 0.15) is 24.4 Å². The van der Waals surface area contributed by atoms with Crippen molar-refractivity contribution < 1.29 is 39.6 Å². The minimum Gasteiger partial charge on any atom is -0.489 e. The van der Waals surface area contributed by atoms with E-state index in [0.29, 0.717) is 17.0 Å². The first-order chi connectivity index (χ1) is 19.6. The molecule has 41 heavy (non-hydrogen) atoms. The molecule has 0 amide bonds. The minimum atomic E-state index is -1.45. The third-order valence-corrected chi connectivity index (χ3v) is 8.88. The van der Waals surface area contributed by atoms with Gasteiger partial charge in [0, 0.05) is 16.5 Å². The number of carbonyl (C=O) groups is 1. The predicted molar refractivity (Wildman–Crippen MR) is 151 cm³/mol. The van der Waals surface area contributed by atoms with Gasteiger partial charge in [-0.15, -0.1) is 11.8 Å². The second kappa shape index (κ2) is 13.5. The summed E-state index contributed by atoms with van der Waals surface area (Å²) in [7, 11) is 0. The van der Waals surface area contributed by atoms with E-state index in [-0.39, 0.29) is 36.6 Å². The average molecular weight is 587 g/mol. The zero-order chi connectivity index (χ0) is 29.7. The number of rotatable bonds is 10. The summed E-state index contributed by atoms with van der Waals surface area (Å²) >= 11 is 1.11. The highest BCUT2D eigenvalue weighted by Gasteiger charge is 2.44. The van der Waals surface area contributed by atoms with Gasteiger partial charge in [-0.05, 0) is 31.9 Å². The molecular formula is C29H34N2O9S. The summed E-state index contributed by atoms with van der Waals surface area (Å²) < 4.78 is 11.6. The van der Waals surface area contributed by atoms with Gasteiger partial charge in [0.05, 0.1) is 46.9 Å². The number of para-hydroxylation sites is 1. The highest BCUT2D eigenvalue weighted by Crippen LogP contribution is 2.43. The Bertz CT molecular complexity index is 1310. The number of hydrogen-bond donors (Lipinski definition) is 5. The van der Waals surface area contributed by atoms with E-state index in [4.69, 9.17) is 9.47 Å². The molecule has 2 aromatic carbocycles. The van der Waals surface area contributed by atoms with Gasteiger partial charge >= 0.3 is 5.97 Å². The lowest BCUT2D eigenvalue weighted by Crippen LogP contribution is -2.54. The van der Waals surface area contributed by atoms with Crippen LogP contribution in [0.3, 0.4) is 0 Å². The van der Waals surface area contributed by atoms with Gasteiger partial charge in [-0.25, -0.2) is 4.79 Å². The fraction of sp³-hybridized carbons (Fsp3) is 0.414. The number of benzene rings is 2. The quantitative estimate of drug-likeness (QED) is 0.157. The molecule has 0 spiro atoms. The number of hydrogen-bond acceptors (Lipinski definition) is 11. The van der Waals surface area contributed by atoms with E-state index in [1.165, 1.54) is 0 Å². The maximum atomic E-state index is 13.5. The van der Waals surface area contributed by atoms with Crippen LogP contribution in [0.2, 0.25) is 0 Å². The molecule has 220 valence electrons. The number of allylic oxidation sites excluding steroid dienone is 3. The molecule has 1 unspecified atom stereocenters. The molecule has 2 aliphatic rings. The zero-order valence-corrected chi connectivity index (χ0v) is 23.5. The molecule has 0 saturated carbocycles. The van der Waals surface area contributed by atoms with E-state index in [1.807, 2.05) is 30.3 Å². The van der Waals surface area contributed by atoms with Crippen molar-refractivity contribution in [2.75, 3.05) is 13.2 Å². The van der Waals surface area contributed by atoms with Gasteiger partial charge in [0.15, 0.2) is 0 Å². The van der Waals surface area contributed by atoms with Crippen molar-refractivity contribution in [3.8, 4) is 5.75 Å². The van der Waals surface area contributed by atoms with Crippen molar-refractivity contribution in [2.24, 2.45) is 0 Å². The lowest BCUT2D eigenvalue weighted by atomic mass is 9.83. The number of carbonyl (C=O) groups excluding carboxylic acids is 1. The molecule has 2 aliphatic heterocycles. The Morgan fingerprint density at radius 3 is 2.32 bits per heavy atom. The highest BCUT2D eigenvalue weighted by atomic mass is 32.2. The monoisotopic (exact) mass is 586 g/mol. The van der Waals surface area contributed by atoms with E-state index >= 15 is 0 Å². The van der Waals surface area contributed by atoms with Crippen molar-refractivity contribution in [3.63, 3.8) is 0 Å². The summed E-state index contributed by atoms with van der Waals surface area (Å²) in [6.07, 6.45) is -3.91. The van der Waals surface area contributed by atoms with E-state index in [0.717, 1.165) is 17.3 Å². The number of esters is 1. The summed E-state index contributed by atoms with van der Waals surface area (Å²) in [5, 5.41) is 54.0. The Morgan fingerprint density at radius 2 is 1.63 bits per heavy atom. The summed E-state index contributed by atoms with van der Waals surface area (Å²) in [5.74, 6) is -1.48. The normalized spacial score (nSPS) is 26.4. The number of nitrogens with zero attached hydrogens (tertiary/aromatic N) is 1. The average Bonchev–Trinajstić information content (AvgIpc) is 2.96. The van der Waals surface area contributed by atoms with Crippen LogP contribution in [0.5, 0.6) is 5.75 Å². The van der Waals surface area contributed by atoms with Crippen molar-refractivity contribution in [1.82, 2.24) is 5.32 Å². The second-order valence-electron chi connectivity index (χ2n) is 9.97. The Hall–Kier alpha value is -3.42. The number of aliphatic hydroxyl groups is 4. The van der Waals surface area contributed by atoms with Crippen molar-refractivity contribution in [3.05, 3.63) is 98.5 Å². The topological polar surface area (TPSA) is 172 Å². The molecular weight excluding hydrogens is 552 g/mol. The summed E-state index contributed by atoms with van der Waals surface area (Å²) in [6, 6.07) is 16.3. The second-order valence-corrected chi connectivity index (χ2v) is 11.5. The Kier molecular flexibility index (Phi) is 10.1. The Labute approximate surface area is 241 Å². The third kappa shape index (κ3) is 6.74. The Balaban J connectivity index is 1.57. The minimum absolute atomic E-state index is 0.0543. The molecule has 0 aromatic heterocycles. The maximum Gasteiger partial charge on any atom is 0.336 e. The number of dihydropyridines is 1. The summed E-state index contributed by atoms with van der Waals surface area (Å²) in [4.78, 5) is 25.3. The molecule has 11 nitrogen and oxygen atoms in total. The molecule has 2 aromatic rings. The first-order valence-corrected chi connectivity index (χ1v) is 14.1. The molecule has 0 aliphatic carbocycles. The van der Waals surface area contributed by atoms with Crippen LogP contribution in [-0.4, -0.2) is 73.3 Å². The fourth-order valence-electron chi connectivity index (χ4n) is 5.15. The SMILES string of the molecule is CC1=C(C(=O)OCC[C@H]2S[C@@H](CO)[C@@H](O)[C@H](O)[C@H]2O)C(c2ccccc2OCc2ccccc2)C([N+](=O)[O-])=C(C)N1. The molecule has 1 saturated heterocycles. The van der Waals surface area contributed by atoms with Crippen LogP contribution in [-0.2, 0) is 16.1 Å². The fourth-order valence-corrected chi connectivity index (χ4v) is 6.56. The molecule has 0 bridgehead atoms. The molecule has 0 radical (unpaired) electrons. The maximum absolute atomic E-state index is 13.5. The zero-order valence-electron chi connectivity index (χ0n) is 22.7. The van der Waals surface area contributed by atoms with Crippen molar-refractivity contribution in [2.45, 2.75) is 61.6 Å². The Morgan fingerprint density at radius 1 is 0.976 bits per heavy atom. The molecule has 1 fully saturated rings. The molecule has 6 atom stereocenters. The van der Waals surface area contributed by atoms with Gasteiger partial charge in [-0.2, -0.15) is 0 Å². The van der Waals surface area contributed by atoms with Crippen LogP contribution in [0.4, 0.5) is 0 Å². The summed E-state index contributed by atoms with van der Waals surface area (Å²) in [5.41, 5.74) is 1.87. The number of thioether (sulfide) groups is 1. The van der Waals surface area contributed by atoms with Crippen LogP contribution in [0.1, 0.15) is 37.3 Å². The number of aliphatic hydroxyl groups excluding tert-OH is 4. The largest absolute Gasteiger partial charge is 0.489 e. The van der Waals surface area contributed by atoms with Crippen LogP contribution in [0, 0.1) is 10.1 Å². The van der Waals surface area contributed by atoms with Gasteiger partial charge in [-0.3, -0.25) is 10.1 Å². The van der Waals surface area contributed by atoms with Gasteiger partial charge in [0.25, 0.3) is 5.70 Å². The first kappa shape index (κ1) is 30.5. The van der Waals surface area contributed by atoms with Gasteiger partial charge < -0.3 is 35.2 Å². The third-order valence-electron chi connectivity index (χ3n) is 7.24. The van der Waals surface area contributed by atoms with Gasteiger partial charge in [0.2, 0.25) is 0 Å². The van der Waals surface area contributed by atoms with Crippen molar-refractivity contribution >= 4 is 17.7 Å². The van der Waals surface area contributed by atoms with Crippen LogP contribution < -0.4 is 10.1 Å². The van der Waals surface area contributed by atoms with Crippen LogP contribution in [0.25, 0.3) is 0 Å². The first-order valence-electron chi connectivity index (χ1n) is 13.2. The van der Waals surface area contributed by atoms with Gasteiger partial charge in [-0.1, -0.05) is 48.5 Å². The van der Waals surface area contributed by atoms with E-state index < -0.39 is 52.2 Å². The lowest BCUT2D eigenvalue weighted by Gasteiger charge is -2.39. The number of nitrogens with one attached hydrogen (secondary N) is 1. The smallest absolute Gasteiger partial charge is 0.336 e. The van der Waals surface area contributed by atoms with E-state index in [1.54, 1.807) is 38.1 Å². The van der Waals surface area contributed by atoms with Crippen LogP contribution in [0.15, 0.2) is 77.3 Å². The molecule has 4 rings (SSSR count). The molecule has 12 heteroatoms. The van der Waals surface area contributed by atoms with Crippen molar-refractivity contribution in [1.29, 1.82) is 0 Å². The predicted octanol–water partition coefficient (Wildman–Crippen LogP) is 2.23.